The fourth-order valence-corrected chi connectivity index (χ4v) is 3.46. The summed E-state index contributed by atoms with van der Waals surface area (Å²) in [6, 6.07) is 8.44. The van der Waals surface area contributed by atoms with Crippen molar-refractivity contribution in [3.8, 4) is 0 Å². The topological polar surface area (TPSA) is 44.9 Å². The van der Waals surface area contributed by atoms with Crippen LogP contribution in [0.3, 0.4) is 0 Å². The van der Waals surface area contributed by atoms with Crippen molar-refractivity contribution in [1.82, 2.24) is 10.3 Å². The SMILES string of the molecule is CC1(C)CCCCC1NC(=O)Cc1c[nH]c2ccccc12. The molecule has 2 aromatic rings. The first-order valence-electron chi connectivity index (χ1n) is 7.91. The molecule has 0 bridgehead atoms. The number of H-pyrrole nitrogens is 1. The summed E-state index contributed by atoms with van der Waals surface area (Å²) >= 11 is 0. The second kappa shape index (κ2) is 5.55. The highest BCUT2D eigenvalue weighted by Gasteiger charge is 2.33. The van der Waals surface area contributed by atoms with Gasteiger partial charge in [0.05, 0.1) is 6.42 Å². The van der Waals surface area contributed by atoms with Gasteiger partial charge in [0.2, 0.25) is 5.91 Å². The van der Waals surface area contributed by atoms with Crippen molar-refractivity contribution in [3.05, 3.63) is 36.0 Å². The molecule has 1 atom stereocenters. The van der Waals surface area contributed by atoms with Crippen LogP contribution in [0.15, 0.2) is 30.5 Å². The smallest absolute Gasteiger partial charge is 0.224 e. The van der Waals surface area contributed by atoms with Gasteiger partial charge in [-0.1, -0.05) is 44.9 Å². The van der Waals surface area contributed by atoms with E-state index in [-0.39, 0.29) is 11.3 Å². The molecule has 3 rings (SSSR count). The summed E-state index contributed by atoms with van der Waals surface area (Å²) in [6.45, 7) is 4.53. The Kier molecular flexibility index (Phi) is 3.75. The van der Waals surface area contributed by atoms with E-state index in [1.54, 1.807) is 0 Å². The number of aromatic amines is 1. The molecule has 1 unspecified atom stereocenters. The molecule has 1 amide bonds. The maximum Gasteiger partial charge on any atom is 0.224 e. The van der Waals surface area contributed by atoms with Gasteiger partial charge in [0, 0.05) is 23.1 Å². The molecule has 3 nitrogen and oxygen atoms in total. The zero-order chi connectivity index (χ0) is 14.9. The third kappa shape index (κ3) is 2.97. The highest BCUT2D eigenvalue weighted by Crippen LogP contribution is 2.35. The maximum atomic E-state index is 12.4. The number of hydrogen-bond acceptors (Lipinski definition) is 1. The molecule has 2 N–H and O–H groups in total. The molecule has 1 aromatic carbocycles. The molecule has 112 valence electrons. The average Bonchev–Trinajstić information content (AvgIpc) is 2.85. The van der Waals surface area contributed by atoms with Gasteiger partial charge in [0.15, 0.2) is 0 Å². The highest BCUT2D eigenvalue weighted by atomic mass is 16.1. The normalized spacial score (nSPS) is 21.3. The fourth-order valence-electron chi connectivity index (χ4n) is 3.46. The molecule has 21 heavy (non-hydrogen) atoms. The fraction of sp³-hybridized carbons (Fsp3) is 0.500. The number of benzene rings is 1. The van der Waals surface area contributed by atoms with Crippen LogP contribution < -0.4 is 5.32 Å². The number of amides is 1. The zero-order valence-electron chi connectivity index (χ0n) is 12.9. The van der Waals surface area contributed by atoms with Crippen LogP contribution in [0.25, 0.3) is 10.9 Å². The Morgan fingerprint density at radius 1 is 1.33 bits per heavy atom. The highest BCUT2D eigenvalue weighted by molar-refractivity contribution is 5.88. The molecule has 3 heteroatoms. The van der Waals surface area contributed by atoms with Crippen LogP contribution in [-0.4, -0.2) is 16.9 Å². The van der Waals surface area contributed by atoms with Gasteiger partial charge in [0.25, 0.3) is 0 Å². The van der Waals surface area contributed by atoms with Gasteiger partial charge in [-0.15, -0.1) is 0 Å². The predicted octanol–water partition coefficient (Wildman–Crippen LogP) is 3.80. The van der Waals surface area contributed by atoms with Crippen molar-refractivity contribution >= 4 is 16.8 Å². The van der Waals surface area contributed by atoms with E-state index in [0.717, 1.165) is 22.9 Å². The molecule has 1 aromatic heterocycles. The summed E-state index contributed by atoms with van der Waals surface area (Å²) in [5.41, 5.74) is 2.39. The minimum atomic E-state index is 0.139. The lowest BCUT2D eigenvalue weighted by Crippen LogP contribution is -2.47. The van der Waals surface area contributed by atoms with Crippen LogP contribution in [-0.2, 0) is 11.2 Å². The Balaban J connectivity index is 1.69. The Bertz CT molecular complexity index is 641. The van der Waals surface area contributed by atoms with Crippen molar-refractivity contribution in [2.45, 2.75) is 52.0 Å². The lowest BCUT2D eigenvalue weighted by atomic mass is 9.73. The molecule has 1 aliphatic rings. The molecule has 1 fully saturated rings. The third-order valence-corrected chi connectivity index (χ3v) is 4.87. The molecule has 0 spiro atoms. The maximum absolute atomic E-state index is 12.4. The summed E-state index contributed by atoms with van der Waals surface area (Å²) in [4.78, 5) is 15.6. The van der Waals surface area contributed by atoms with E-state index in [2.05, 4.69) is 30.2 Å². The lowest BCUT2D eigenvalue weighted by molar-refractivity contribution is -0.122. The summed E-state index contributed by atoms with van der Waals surface area (Å²) < 4.78 is 0. The third-order valence-electron chi connectivity index (χ3n) is 4.87. The minimum Gasteiger partial charge on any atom is -0.361 e. The average molecular weight is 284 g/mol. The first-order chi connectivity index (χ1) is 10.1. The number of fused-ring (bicyclic) bond motifs is 1. The Hall–Kier alpha value is -1.77. The van der Waals surface area contributed by atoms with Crippen LogP contribution in [0.2, 0.25) is 0 Å². The van der Waals surface area contributed by atoms with Crippen LogP contribution in [0.4, 0.5) is 0 Å². The van der Waals surface area contributed by atoms with E-state index >= 15 is 0 Å². The van der Waals surface area contributed by atoms with Crippen LogP contribution in [0.5, 0.6) is 0 Å². The van der Waals surface area contributed by atoms with Crippen molar-refractivity contribution in [3.63, 3.8) is 0 Å². The Morgan fingerprint density at radius 3 is 2.95 bits per heavy atom. The number of carbonyl (C=O) groups excluding carboxylic acids is 1. The van der Waals surface area contributed by atoms with Crippen molar-refractivity contribution < 1.29 is 4.79 Å². The van der Waals surface area contributed by atoms with Crippen LogP contribution in [0, 0.1) is 5.41 Å². The van der Waals surface area contributed by atoms with Crippen LogP contribution in [0.1, 0.15) is 45.1 Å². The predicted molar refractivity (Wildman–Crippen MR) is 86.2 cm³/mol. The van der Waals surface area contributed by atoms with Gasteiger partial charge in [-0.3, -0.25) is 4.79 Å². The van der Waals surface area contributed by atoms with Crippen LogP contribution >= 0.6 is 0 Å². The number of nitrogens with one attached hydrogen (secondary N) is 2. The quantitative estimate of drug-likeness (QED) is 0.884. The van der Waals surface area contributed by atoms with E-state index in [9.17, 15) is 4.79 Å². The Labute approximate surface area is 126 Å². The van der Waals surface area contributed by atoms with E-state index in [1.165, 1.54) is 19.3 Å². The lowest BCUT2D eigenvalue weighted by Gasteiger charge is -2.39. The molecular formula is C18H24N2O. The molecule has 1 aliphatic carbocycles. The monoisotopic (exact) mass is 284 g/mol. The van der Waals surface area contributed by atoms with Gasteiger partial charge < -0.3 is 10.3 Å². The molecule has 0 saturated heterocycles. The van der Waals surface area contributed by atoms with Crippen molar-refractivity contribution in [2.75, 3.05) is 0 Å². The van der Waals surface area contributed by atoms with Gasteiger partial charge in [-0.05, 0) is 29.9 Å². The van der Waals surface area contributed by atoms with Gasteiger partial charge in [-0.2, -0.15) is 0 Å². The standard InChI is InChI=1S/C18H24N2O/c1-18(2)10-6-5-9-16(18)20-17(21)11-13-12-19-15-8-4-3-7-14(13)15/h3-4,7-8,12,16,19H,5-6,9-11H2,1-2H3,(H,20,21). The number of aromatic nitrogens is 1. The van der Waals surface area contributed by atoms with Crippen molar-refractivity contribution in [1.29, 1.82) is 0 Å². The second-order valence-electron chi connectivity index (χ2n) is 6.89. The molecule has 0 radical (unpaired) electrons. The van der Waals surface area contributed by atoms with Gasteiger partial charge in [0.1, 0.15) is 0 Å². The van der Waals surface area contributed by atoms with Gasteiger partial charge in [-0.25, -0.2) is 0 Å². The zero-order valence-corrected chi connectivity index (χ0v) is 12.9. The molecule has 1 saturated carbocycles. The van der Waals surface area contributed by atoms with E-state index < -0.39 is 0 Å². The second-order valence-corrected chi connectivity index (χ2v) is 6.89. The number of carbonyl (C=O) groups is 1. The molecule has 1 heterocycles. The van der Waals surface area contributed by atoms with E-state index in [0.29, 0.717) is 12.5 Å². The van der Waals surface area contributed by atoms with E-state index in [4.69, 9.17) is 0 Å². The largest absolute Gasteiger partial charge is 0.361 e. The Morgan fingerprint density at radius 2 is 2.14 bits per heavy atom. The number of rotatable bonds is 3. The van der Waals surface area contributed by atoms with Crippen molar-refractivity contribution in [2.24, 2.45) is 5.41 Å². The first kappa shape index (κ1) is 14.2. The summed E-state index contributed by atoms with van der Waals surface area (Å²) in [7, 11) is 0. The number of para-hydroxylation sites is 1. The summed E-state index contributed by atoms with van der Waals surface area (Å²) in [5, 5.41) is 4.41. The molecule has 0 aliphatic heterocycles. The first-order valence-corrected chi connectivity index (χ1v) is 7.91. The van der Waals surface area contributed by atoms with Gasteiger partial charge >= 0.3 is 0 Å². The summed E-state index contributed by atoms with van der Waals surface area (Å²) in [5.74, 6) is 0.139. The number of hydrogen-bond donors (Lipinski definition) is 2. The minimum absolute atomic E-state index is 0.139. The van der Waals surface area contributed by atoms with E-state index in [1.807, 2.05) is 24.4 Å². The summed E-state index contributed by atoms with van der Waals surface area (Å²) in [6.07, 6.45) is 7.22. The molecular weight excluding hydrogens is 260 g/mol.